The lowest BCUT2D eigenvalue weighted by Crippen LogP contribution is -2.12. The van der Waals surface area contributed by atoms with E-state index in [4.69, 9.17) is 9.47 Å². The molecule has 0 aromatic heterocycles. The first-order valence-corrected chi connectivity index (χ1v) is 6.18. The van der Waals surface area contributed by atoms with Gasteiger partial charge >= 0.3 is 0 Å². The maximum atomic E-state index is 9.38. The second-order valence-electron chi connectivity index (χ2n) is 4.46. The van der Waals surface area contributed by atoms with E-state index in [0.29, 0.717) is 19.1 Å². The van der Waals surface area contributed by atoms with Crippen LogP contribution >= 0.6 is 0 Å². The zero-order valence-electron chi connectivity index (χ0n) is 10.4. The van der Waals surface area contributed by atoms with E-state index in [0.717, 1.165) is 29.2 Å². The molecule has 1 aliphatic rings. The van der Waals surface area contributed by atoms with E-state index in [9.17, 15) is 5.11 Å². The Morgan fingerprint density at radius 3 is 2.58 bits per heavy atom. The fourth-order valence-corrected chi connectivity index (χ4v) is 2.07. The van der Waals surface area contributed by atoms with Crippen molar-refractivity contribution >= 4 is 0 Å². The summed E-state index contributed by atoms with van der Waals surface area (Å²) >= 11 is 0. The molecule has 4 heteroatoms. The summed E-state index contributed by atoms with van der Waals surface area (Å²) in [6.07, 6.45) is 0. The third kappa shape index (κ3) is 2.80. The number of ether oxygens (including phenoxy) is 2. The van der Waals surface area contributed by atoms with E-state index >= 15 is 0 Å². The average molecular weight is 257 g/mol. The number of rotatable bonds is 4. The van der Waals surface area contributed by atoms with E-state index < -0.39 is 0 Å². The first-order chi connectivity index (χ1) is 9.31. The molecule has 2 aromatic rings. The molecule has 0 amide bonds. The van der Waals surface area contributed by atoms with Crippen LogP contribution in [0.5, 0.6) is 17.2 Å². The van der Waals surface area contributed by atoms with Crippen LogP contribution in [0.2, 0.25) is 0 Å². The molecule has 0 bridgehead atoms. The SMILES string of the molecule is Oc1cccc(CNCc2ccc3c(c2)OCO3)c1. The van der Waals surface area contributed by atoms with Gasteiger partial charge in [0, 0.05) is 13.1 Å². The molecule has 98 valence electrons. The summed E-state index contributed by atoms with van der Waals surface area (Å²) in [5.74, 6) is 1.90. The van der Waals surface area contributed by atoms with Crippen LogP contribution in [0.25, 0.3) is 0 Å². The highest BCUT2D eigenvalue weighted by atomic mass is 16.7. The lowest BCUT2D eigenvalue weighted by atomic mass is 10.2. The Hall–Kier alpha value is -2.20. The van der Waals surface area contributed by atoms with Gasteiger partial charge in [0.05, 0.1) is 0 Å². The van der Waals surface area contributed by atoms with Crippen molar-refractivity contribution in [1.82, 2.24) is 5.32 Å². The van der Waals surface area contributed by atoms with Gasteiger partial charge in [0.15, 0.2) is 11.5 Å². The Morgan fingerprint density at radius 2 is 1.74 bits per heavy atom. The Morgan fingerprint density at radius 1 is 0.947 bits per heavy atom. The number of aromatic hydroxyl groups is 1. The summed E-state index contributed by atoms with van der Waals surface area (Å²) in [6.45, 7) is 1.75. The van der Waals surface area contributed by atoms with E-state index in [-0.39, 0.29) is 0 Å². The first kappa shape index (κ1) is 11.9. The smallest absolute Gasteiger partial charge is 0.231 e. The number of phenols is 1. The molecule has 0 saturated carbocycles. The predicted molar refractivity (Wildman–Crippen MR) is 71.2 cm³/mol. The number of nitrogens with one attached hydrogen (secondary N) is 1. The highest BCUT2D eigenvalue weighted by Crippen LogP contribution is 2.32. The van der Waals surface area contributed by atoms with Gasteiger partial charge in [-0.3, -0.25) is 0 Å². The van der Waals surface area contributed by atoms with Crippen LogP contribution in [0.4, 0.5) is 0 Å². The van der Waals surface area contributed by atoms with Crippen LogP contribution in [0, 0.1) is 0 Å². The van der Waals surface area contributed by atoms with Crippen LogP contribution in [-0.2, 0) is 13.1 Å². The zero-order valence-corrected chi connectivity index (χ0v) is 10.4. The Balaban J connectivity index is 1.58. The maximum Gasteiger partial charge on any atom is 0.231 e. The van der Waals surface area contributed by atoms with Gasteiger partial charge in [-0.25, -0.2) is 0 Å². The molecular formula is C15H15NO3. The highest BCUT2D eigenvalue weighted by molar-refractivity contribution is 5.44. The molecule has 1 heterocycles. The Labute approximate surface area is 111 Å². The topological polar surface area (TPSA) is 50.7 Å². The van der Waals surface area contributed by atoms with E-state index in [2.05, 4.69) is 5.32 Å². The maximum absolute atomic E-state index is 9.38. The van der Waals surface area contributed by atoms with Crippen molar-refractivity contribution in [2.75, 3.05) is 6.79 Å². The molecule has 0 saturated heterocycles. The molecule has 1 aliphatic heterocycles. The fraction of sp³-hybridized carbons (Fsp3) is 0.200. The summed E-state index contributed by atoms with van der Waals surface area (Å²) < 4.78 is 10.6. The number of benzene rings is 2. The lowest BCUT2D eigenvalue weighted by Gasteiger charge is -2.06. The minimum Gasteiger partial charge on any atom is -0.508 e. The van der Waals surface area contributed by atoms with Crippen LogP contribution in [-0.4, -0.2) is 11.9 Å². The Bertz CT molecular complexity index is 583. The van der Waals surface area contributed by atoms with Crippen molar-refractivity contribution in [2.45, 2.75) is 13.1 Å². The van der Waals surface area contributed by atoms with Crippen LogP contribution in [0.3, 0.4) is 0 Å². The standard InChI is InChI=1S/C15H15NO3/c17-13-3-1-2-11(6-13)8-16-9-12-4-5-14-15(7-12)19-10-18-14/h1-7,16-17H,8-10H2. The fourth-order valence-electron chi connectivity index (χ4n) is 2.07. The second-order valence-corrected chi connectivity index (χ2v) is 4.46. The van der Waals surface area contributed by atoms with Gasteiger partial charge in [0.25, 0.3) is 0 Å². The van der Waals surface area contributed by atoms with Crippen LogP contribution in [0.1, 0.15) is 11.1 Å². The quantitative estimate of drug-likeness (QED) is 0.883. The molecule has 3 rings (SSSR count). The molecular weight excluding hydrogens is 242 g/mol. The molecule has 2 aromatic carbocycles. The van der Waals surface area contributed by atoms with Gasteiger partial charge in [-0.1, -0.05) is 18.2 Å². The van der Waals surface area contributed by atoms with Crippen molar-refractivity contribution in [2.24, 2.45) is 0 Å². The van der Waals surface area contributed by atoms with Crippen molar-refractivity contribution in [3.63, 3.8) is 0 Å². The number of fused-ring (bicyclic) bond motifs is 1. The van der Waals surface area contributed by atoms with Crippen molar-refractivity contribution in [1.29, 1.82) is 0 Å². The molecule has 4 nitrogen and oxygen atoms in total. The van der Waals surface area contributed by atoms with Crippen molar-refractivity contribution in [3.8, 4) is 17.2 Å². The van der Waals surface area contributed by atoms with Crippen molar-refractivity contribution < 1.29 is 14.6 Å². The molecule has 0 fully saturated rings. The van der Waals surface area contributed by atoms with Gasteiger partial charge in [0.2, 0.25) is 6.79 Å². The minimum atomic E-state index is 0.294. The molecule has 0 spiro atoms. The van der Waals surface area contributed by atoms with Gasteiger partial charge in [-0.05, 0) is 35.4 Å². The molecule has 0 radical (unpaired) electrons. The number of hydrogen-bond acceptors (Lipinski definition) is 4. The lowest BCUT2D eigenvalue weighted by molar-refractivity contribution is 0.174. The molecule has 2 N–H and O–H groups in total. The third-order valence-corrected chi connectivity index (χ3v) is 3.01. The highest BCUT2D eigenvalue weighted by Gasteiger charge is 2.12. The van der Waals surface area contributed by atoms with Crippen LogP contribution < -0.4 is 14.8 Å². The average Bonchev–Trinajstić information content (AvgIpc) is 2.86. The number of hydrogen-bond donors (Lipinski definition) is 2. The Kier molecular flexibility index (Phi) is 3.25. The van der Waals surface area contributed by atoms with Gasteiger partial charge in [-0.2, -0.15) is 0 Å². The molecule has 0 unspecified atom stereocenters. The first-order valence-electron chi connectivity index (χ1n) is 6.18. The molecule has 0 aliphatic carbocycles. The summed E-state index contributed by atoms with van der Waals surface area (Å²) in [5, 5.41) is 12.7. The van der Waals surface area contributed by atoms with E-state index in [1.165, 1.54) is 0 Å². The predicted octanol–water partition coefficient (Wildman–Crippen LogP) is 2.41. The van der Waals surface area contributed by atoms with Gasteiger partial charge in [0.1, 0.15) is 5.75 Å². The third-order valence-electron chi connectivity index (χ3n) is 3.01. The zero-order chi connectivity index (χ0) is 13.1. The van der Waals surface area contributed by atoms with Gasteiger partial charge in [-0.15, -0.1) is 0 Å². The summed E-state index contributed by atoms with van der Waals surface area (Å²) in [4.78, 5) is 0. The van der Waals surface area contributed by atoms with Gasteiger partial charge < -0.3 is 19.9 Å². The van der Waals surface area contributed by atoms with E-state index in [1.807, 2.05) is 30.3 Å². The summed E-state index contributed by atoms with van der Waals surface area (Å²) in [6, 6.07) is 13.2. The summed E-state index contributed by atoms with van der Waals surface area (Å²) in [5.41, 5.74) is 2.20. The van der Waals surface area contributed by atoms with E-state index in [1.54, 1.807) is 12.1 Å². The summed E-state index contributed by atoms with van der Waals surface area (Å²) in [7, 11) is 0. The molecule has 0 atom stereocenters. The monoisotopic (exact) mass is 257 g/mol. The largest absolute Gasteiger partial charge is 0.508 e. The van der Waals surface area contributed by atoms with Crippen LogP contribution in [0.15, 0.2) is 42.5 Å². The normalized spacial score (nSPS) is 12.6. The second kappa shape index (κ2) is 5.20. The van der Waals surface area contributed by atoms with Crippen molar-refractivity contribution in [3.05, 3.63) is 53.6 Å². The number of phenolic OH excluding ortho intramolecular Hbond substituents is 1. The molecule has 19 heavy (non-hydrogen) atoms. The minimum absolute atomic E-state index is 0.294.